The van der Waals surface area contributed by atoms with E-state index in [2.05, 4.69) is 20.5 Å². The fourth-order valence-electron chi connectivity index (χ4n) is 2.31. The molecular weight excluding hydrogens is 291 g/mol. The lowest BCUT2D eigenvalue weighted by Crippen LogP contribution is -2.28. The molecule has 0 saturated carbocycles. The molecule has 2 aromatic rings. The van der Waals surface area contributed by atoms with Crippen LogP contribution in [-0.2, 0) is 12.2 Å². The van der Waals surface area contributed by atoms with Gasteiger partial charge < -0.3 is 5.32 Å². The molecule has 21 heavy (non-hydrogen) atoms. The van der Waals surface area contributed by atoms with Gasteiger partial charge in [-0.3, -0.25) is 14.9 Å². The van der Waals surface area contributed by atoms with E-state index in [1.807, 2.05) is 0 Å². The van der Waals surface area contributed by atoms with Crippen LogP contribution >= 0.6 is 11.8 Å². The number of carbonyl (C=O) groups is 1. The van der Waals surface area contributed by atoms with Crippen LogP contribution in [0.4, 0.5) is 4.39 Å². The number of amides is 1. The molecule has 3 rings (SSSR count). The van der Waals surface area contributed by atoms with Gasteiger partial charge in [-0.15, -0.1) is 0 Å². The van der Waals surface area contributed by atoms with E-state index in [1.165, 1.54) is 6.07 Å². The maximum Gasteiger partial charge on any atom is 0.272 e. The Morgan fingerprint density at radius 3 is 3.19 bits per heavy atom. The molecule has 0 bridgehead atoms. The topological polar surface area (TPSA) is 70.7 Å². The molecule has 2 N–H and O–H groups in total. The molecule has 0 radical (unpaired) electrons. The van der Waals surface area contributed by atoms with E-state index in [4.69, 9.17) is 0 Å². The van der Waals surface area contributed by atoms with Crippen molar-refractivity contribution in [2.24, 2.45) is 0 Å². The van der Waals surface area contributed by atoms with Crippen LogP contribution in [0.3, 0.4) is 0 Å². The lowest BCUT2D eigenvalue weighted by Gasteiger charge is -2.15. The van der Waals surface area contributed by atoms with Gasteiger partial charge in [0, 0.05) is 23.2 Å². The van der Waals surface area contributed by atoms with E-state index >= 15 is 0 Å². The Hall–Kier alpha value is -1.89. The maximum absolute atomic E-state index is 13.2. The normalized spacial score (nSPS) is 15.3. The van der Waals surface area contributed by atoms with Crippen molar-refractivity contribution >= 4 is 17.7 Å². The molecule has 1 atom stereocenters. The molecule has 0 fully saturated rings. The van der Waals surface area contributed by atoms with Crippen molar-refractivity contribution in [3.8, 4) is 0 Å². The monoisotopic (exact) mass is 306 g/mol. The predicted molar refractivity (Wildman–Crippen MR) is 78.5 cm³/mol. The van der Waals surface area contributed by atoms with Crippen molar-refractivity contribution in [2.75, 3.05) is 5.75 Å². The molecule has 1 aliphatic rings. The standard InChI is InChI=1S/C14H15FN4OS/c1-8(9-4-10(15)6-16-5-9)17-14(20)13-11-7-21-3-2-12(11)18-19-13/h4-6,8H,2-3,7H2,1H3,(H,17,20)(H,18,19)/t8-/m0/s1. The van der Waals surface area contributed by atoms with Crippen molar-refractivity contribution in [3.63, 3.8) is 0 Å². The van der Waals surface area contributed by atoms with Gasteiger partial charge in [0.2, 0.25) is 0 Å². The van der Waals surface area contributed by atoms with E-state index in [9.17, 15) is 9.18 Å². The van der Waals surface area contributed by atoms with E-state index in [0.717, 1.165) is 35.4 Å². The summed E-state index contributed by atoms with van der Waals surface area (Å²) < 4.78 is 13.2. The summed E-state index contributed by atoms with van der Waals surface area (Å²) in [5.41, 5.74) is 3.09. The highest BCUT2D eigenvalue weighted by atomic mass is 32.2. The number of rotatable bonds is 3. The first-order valence-electron chi connectivity index (χ1n) is 6.70. The molecule has 3 heterocycles. The molecule has 0 saturated heterocycles. The van der Waals surface area contributed by atoms with Gasteiger partial charge in [-0.25, -0.2) is 4.39 Å². The SMILES string of the molecule is C[C@H](NC(=O)c1n[nH]c2c1CSCC2)c1cncc(F)c1. The van der Waals surface area contributed by atoms with Crippen LogP contribution in [0, 0.1) is 5.82 Å². The Kier molecular flexibility index (Phi) is 3.92. The molecule has 0 aliphatic carbocycles. The molecule has 2 aromatic heterocycles. The largest absolute Gasteiger partial charge is 0.344 e. The number of pyridine rings is 1. The molecule has 7 heteroatoms. The predicted octanol–water partition coefficient (Wildman–Crippen LogP) is 2.22. The molecular formula is C14H15FN4OS. The van der Waals surface area contributed by atoms with E-state index in [1.54, 1.807) is 24.9 Å². The third kappa shape index (κ3) is 2.92. The van der Waals surface area contributed by atoms with E-state index < -0.39 is 5.82 Å². The number of H-pyrrole nitrogens is 1. The fourth-order valence-corrected chi connectivity index (χ4v) is 3.32. The third-order valence-corrected chi connectivity index (χ3v) is 4.47. The number of thioether (sulfide) groups is 1. The highest BCUT2D eigenvalue weighted by Gasteiger charge is 2.23. The number of halogens is 1. The highest BCUT2D eigenvalue weighted by molar-refractivity contribution is 7.98. The van der Waals surface area contributed by atoms with Crippen molar-refractivity contribution in [3.05, 3.63) is 46.8 Å². The number of nitrogens with one attached hydrogen (secondary N) is 2. The Labute approximate surface area is 125 Å². The Morgan fingerprint density at radius 1 is 1.52 bits per heavy atom. The van der Waals surface area contributed by atoms with Crippen LogP contribution in [0.15, 0.2) is 18.5 Å². The van der Waals surface area contributed by atoms with Crippen LogP contribution in [0.25, 0.3) is 0 Å². The minimum Gasteiger partial charge on any atom is -0.344 e. The lowest BCUT2D eigenvalue weighted by atomic mass is 10.1. The number of aryl methyl sites for hydroxylation is 1. The van der Waals surface area contributed by atoms with Gasteiger partial charge in [0.1, 0.15) is 5.82 Å². The van der Waals surface area contributed by atoms with Crippen LogP contribution in [0.1, 0.15) is 40.3 Å². The quantitative estimate of drug-likeness (QED) is 0.912. The summed E-state index contributed by atoms with van der Waals surface area (Å²) in [5.74, 6) is 1.18. The fraction of sp³-hybridized carbons (Fsp3) is 0.357. The molecule has 1 amide bonds. The van der Waals surface area contributed by atoms with E-state index in [-0.39, 0.29) is 11.9 Å². The second-order valence-corrected chi connectivity index (χ2v) is 6.07. The van der Waals surface area contributed by atoms with Crippen molar-refractivity contribution in [2.45, 2.75) is 25.1 Å². The highest BCUT2D eigenvalue weighted by Crippen LogP contribution is 2.26. The minimum atomic E-state index is -0.415. The van der Waals surface area contributed by atoms with Crippen molar-refractivity contribution < 1.29 is 9.18 Å². The molecule has 5 nitrogen and oxygen atoms in total. The molecule has 0 aromatic carbocycles. The van der Waals surface area contributed by atoms with Crippen LogP contribution < -0.4 is 5.32 Å². The number of aromatic amines is 1. The Bertz CT molecular complexity index is 673. The zero-order chi connectivity index (χ0) is 14.8. The van der Waals surface area contributed by atoms with E-state index in [0.29, 0.717) is 11.3 Å². The summed E-state index contributed by atoms with van der Waals surface area (Å²) >= 11 is 1.79. The van der Waals surface area contributed by atoms with Crippen molar-refractivity contribution in [1.29, 1.82) is 0 Å². The number of nitrogens with zero attached hydrogens (tertiary/aromatic N) is 2. The number of hydrogen-bond donors (Lipinski definition) is 2. The summed E-state index contributed by atoms with van der Waals surface area (Å²) in [7, 11) is 0. The first kappa shape index (κ1) is 14.1. The second-order valence-electron chi connectivity index (χ2n) is 4.96. The van der Waals surface area contributed by atoms with Gasteiger partial charge in [0.15, 0.2) is 5.69 Å². The van der Waals surface area contributed by atoms with Crippen molar-refractivity contribution in [1.82, 2.24) is 20.5 Å². The second kappa shape index (κ2) is 5.85. The van der Waals surface area contributed by atoms with Gasteiger partial charge in [-0.1, -0.05) is 0 Å². The van der Waals surface area contributed by atoms with Gasteiger partial charge in [0.05, 0.1) is 12.2 Å². The maximum atomic E-state index is 13.2. The Morgan fingerprint density at radius 2 is 2.38 bits per heavy atom. The zero-order valence-electron chi connectivity index (χ0n) is 11.5. The number of carbonyl (C=O) groups excluding carboxylic acids is 1. The first-order chi connectivity index (χ1) is 10.1. The van der Waals surface area contributed by atoms with Crippen LogP contribution in [-0.4, -0.2) is 26.8 Å². The zero-order valence-corrected chi connectivity index (χ0v) is 12.3. The van der Waals surface area contributed by atoms with Gasteiger partial charge >= 0.3 is 0 Å². The summed E-state index contributed by atoms with van der Waals surface area (Å²) in [6.45, 7) is 1.79. The third-order valence-electron chi connectivity index (χ3n) is 3.48. The number of aromatic nitrogens is 3. The van der Waals surface area contributed by atoms with Crippen LogP contribution in [0.2, 0.25) is 0 Å². The molecule has 1 aliphatic heterocycles. The smallest absolute Gasteiger partial charge is 0.272 e. The molecule has 0 spiro atoms. The average molecular weight is 306 g/mol. The number of fused-ring (bicyclic) bond motifs is 1. The van der Waals surface area contributed by atoms with Gasteiger partial charge in [0.25, 0.3) is 5.91 Å². The average Bonchev–Trinajstić information content (AvgIpc) is 2.91. The van der Waals surface area contributed by atoms with Gasteiger partial charge in [-0.05, 0) is 30.7 Å². The van der Waals surface area contributed by atoms with Gasteiger partial charge in [-0.2, -0.15) is 16.9 Å². The Balaban J connectivity index is 1.76. The lowest BCUT2D eigenvalue weighted by molar-refractivity contribution is 0.0934. The number of hydrogen-bond acceptors (Lipinski definition) is 4. The van der Waals surface area contributed by atoms with Crippen LogP contribution in [0.5, 0.6) is 0 Å². The molecule has 0 unspecified atom stereocenters. The summed E-state index contributed by atoms with van der Waals surface area (Å²) in [5, 5.41) is 9.89. The summed E-state index contributed by atoms with van der Waals surface area (Å²) in [6, 6.07) is 1.04. The minimum absolute atomic E-state index is 0.244. The molecule has 110 valence electrons. The summed E-state index contributed by atoms with van der Waals surface area (Å²) in [4.78, 5) is 16.1. The first-order valence-corrected chi connectivity index (χ1v) is 7.86. The summed E-state index contributed by atoms with van der Waals surface area (Å²) in [6.07, 6.45) is 3.59.